The summed E-state index contributed by atoms with van der Waals surface area (Å²) >= 11 is 0. The maximum atomic E-state index is 12.3. The molecule has 0 spiro atoms. The second-order valence-electron chi connectivity index (χ2n) is 6.96. The molecule has 2 aromatic carbocycles. The van der Waals surface area contributed by atoms with Crippen LogP contribution in [-0.2, 0) is 16.0 Å². The number of carbonyl (C=O) groups is 2. The van der Waals surface area contributed by atoms with Crippen LogP contribution >= 0.6 is 0 Å². The molecule has 0 aliphatic rings. The van der Waals surface area contributed by atoms with E-state index in [-0.39, 0.29) is 12.5 Å². The summed E-state index contributed by atoms with van der Waals surface area (Å²) in [6.07, 6.45) is 0.599. The van der Waals surface area contributed by atoms with Crippen LogP contribution in [0.2, 0.25) is 0 Å². The highest BCUT2D eigenvalue weighted by atomic mass is 16.5. The van der Waals surface area contributed by atoms with Crippen molar-refractivity contribution in [3.63, 3.8) is 0 Å². The average Bonchev–Trinajstić information content (AvgIpc) is 2.77. The van der Waals surface area contributed by atoms with E-state index < -0.39 is 5.97 Å². The van der Waals surface area contributed by atoms with E-state index in [0.29, 0.717) is 41.1 Å². The lowest BCUT2D eigenvalue weighted by molar-refractivity contribution is -0.124. The summed E-state index contributed by atoms with van der Waals surface area (Å²) in [5, 5.41) is 2.74. The number of methoxy groups -OCH3 is 2. The standard InChI is InChI=1S/C23H25N3O5/c1-14-15(2)26-19-12-17(6-7-18(19)25-14)23(28)31-13-22(27)24-10-9-16-5-8-20(29-3)21(11-16)30-4/h5-8,11-12H,9-10,13H2,1-4H3,(H,24,27). The van der Waals surface area contributed by atoms with Crippen LogP contribution < -0.4 is 14.8 Å². The molecule has 1 aromatic heterocycles. The largest absolute Gasteiger partial charge is 0.493 e. The quantitative estimate of drug-likeness (QED) is 0.556. The van der Waals surface area contributed by atoms with Gasteiger partial charge in [-0.15, -0.1) is 0 Å². The lowest BCUT2D eigenvalue weighted by Gasteiger charge is -2.10. The number of fused-ring (bicyclic) bond motifs is 1. The summed E-state index contributed by atoms with van der Waals surface area (Å²) in [6, 6.07) is 10.5. The van der Waals surface area contributed by atoms with Gasteiger partial charge >= 0.3 is 5.97 Å². The van der Waals surface area contributed by atoms with Gasteiger partial charge in [0, 0.05) is 6.54 Å². The molecular formula is C23H25N3O5. The van der Waals surface area contributed by atoms with E-state index in [1.165, 1.54) is 0 Å². The van der Waals surface area contributed by atoms with E-state index in [0.717, 1.165) is 17.0 Å². The molecule has 31 heavy (non-hydrogen) atoms. The Labute approximate surface area is 180 Å². The third-order valence-electron chi connectivity index (χ3n) is 4.83. The number of carbonyl (C=O) groups excluding carboxylic acids is 2. The van der Waals surface area contributed by atoms with Crippen molar-refractivity contribution in [3.8, 4) is 11.5 Å². The lowest BCUT2D eigenvalue weighted by Crippen LogP contribution is -2.30. The van der Waals surface area contributed by atoms with Crippen molar-refractivity contribution in [1.29, 1.82) is 0 Å². The number of benzene rings is 2. The van der Waals surface area contributed by atoms with Crippen molar-refractivity contribution in [2.24, 2.45) is 0 Å². The predicted octanol–water partition coefficient (Wildman–Crippen LogP) is 2.78. The second-order valence-corrected chi connectivity index (χ2v) is 6.96. The molecule has 0 radical (unpaired) electrons. The minimum Gasteiger partial charge on any atom is -0.493 e. The molecule has 0 fully saturated rings. The Balaban J connectivity index is 1.50. The number of aromatic nitrogens is 2. The van der Waals surface area contributed by atoms with Crippen LogP contribution in [-0.4, -0.2) is 49.2 Å². The van der Waals surface area contributed by atoms with E-state index in [2.05, 4.69) is 15.3 Å². The summed E-state index contributed by atoms with van der Waals surface area (Å²) in [5.41, 5.74) is 4.25. The molecule has 1 heterocycles. The fourth-order valence-electron chi connectivity index (χ4n) is 3.01. The third-order valence-corrected chi connectivity index (χ3v) is 4.83. The highest BCUT2D eigenvalue weighted by Gasteiger charge is 2.12. The molecule has 0 bridgehead atoms. The lowest BCUT2D eigenvalue weighted by atomic mass is 10.1. The summed E-state index contributed by atoms with van der Waals surface area (Å²) in [7, 11) is 3.15. The zero-order valence-electron chi connectivity index (χ0n) is 18.0. The van der Waals surface area contributed by atoms with Gasteiger partial charge in [-0.25, -0.2) is 14.8 Å². The minimum absolute atomic E-state index is 0.322. The highest BCUT2D eigenvalue weighted by molar-refractivity contribution is 5.94. The van der Waals surface area contributed by atoms with Crippen LogP contribution in [0.15, 0.2) is 36.4 Å². The monoisotopic (exact) mass is 423 g/mol. The Hall–Kier alpha value is -3.68. The Morgan fingerprint density at radius 2 is 1.61 bits per heavy atom. The molecule has 3 rings (SSSR count). The van der Waals surface area contributed by atoms with Crippen LogP contribution in [0.1, 0.15) is 27.3 Å². The van der Waals surface area contributed by atoms with Gasteiger partial charge in [-0.1, -0.05) is 6.07 Å². The van der Waals surface area contributed by atoms with Gasteiger partial charge in [-0.2, -0.15) is 0 Å². The number of hydrogen-bond acceptors (Lipinski definition) is 7. The maximum absolute atomic E-state index is 12.3. The molecule has 8 heteroatoms. The first-order valence-corrected chi connectivity index (χ1v) is 9.81. The highest BCUT2D eigenvalue weighted by Crippen LogP contribution is 2.27. The van der Waals surface area contributed by atoms with Gasteiger partial charge in [-0.05, 0) is 56.2 Å². The topological polar surface area (TPSA) is 99.6 Å². The second kappa shape index (κ2) is 9.88. The molecule has 162 valence electrons. The first kappa shape index (κ1) is 22.0. The summed E-state index contributed by atoms with van der Waals surface area (Å²) in [5.74, 6) is 0.315. The number of hydrogen-bond donors (Lipinski definition) is 1. The SMILES string of the molecule is COc1ccc(CCNC(=O)COC(=O)c2ccc3nc(C)c(C)nc3c2)cc1OC. The molecule has 0 unspecified atom stereocenters. The number of esters is 1. The molecule has 0 saturated carbocycles. The zero-order valence-corrected chi connectivity index (χ0v) is 18.0. The van der Waals surface area contributed by atoms with Crippen molar-refractivity contribution in [3.05, 3.63) is 58.9 Å². The van der Waals surface area contributed by atoms with Crippen LogP contribution in [0, 0.1) is 13.8 Å². The van der Waals surface area contributed by atoms with Crippen LogP contribution in [0.25, 0.3) is 11.0 Å². The van der Waals surface area contributed by atoms with E-state index in [4.69, 9.17) is 14.2 Å². The Morgan fingerprint density at radius 1 is 0.903 bits per heavy atom. The summed E-state index contributed by atoms with van der Waals surface area (Å²) < 4.78 is 15.6. The molecule has 0 aliphatic heterocycles. The fraction of sp³-hybridized carbons (Fsp3) is 0.304. The smallest absolute Gasteiger partial charge is 0.338 e. The Kier molecular flexibility index (Phi) is 7.02. The van der Waals surface area contributed by atoms with Crippen molar-refractivity contribution in [2.45, 2.75) is 20.3 Å². The van der Waals surface area contributed by atoms with Gasteiger partial charge < -0.3 is 19.5 Å². The van der Waals surface area contributed by atoms with Crippen molar-refractivity contribution in [2.75, 3.05) is 27.4 Å². The third kappa shape index (κ3) is 5.48. The zero-order chi connectivity index (χ0) is 22.4. The fourth-order valence-corrected chi connectivity index (χ4v) is 3.01. The average molecular weight is 423 g/mol. The van der Waals surface area contributed by atoms with E-state index in [1.807, 2.05) is 32.0 Å². The summed E-state index contributed by atoms with van der Waals surface area (Å²) in [4.78, 5) is 33.2. The van der Waals surface area contributed by atoms with Crippen molar-refractivity contribution in [1.82, 2.24) is 15.3 Å². The van der Waals surface area contributed by atoms with E-state index >= 15 is 0 Å². The normalized spacial score (nSPS) is 10.6. The van der Waals surface area contributed by atoms with Crippen molar-refractivity contribution >= 4 is 22.9 Å². The summed E-state index contributed by atoms with van der Waals surface area (Å²) in [6.45, 7) is 3.78. The molecule has 0 aliphatic carbocycles. The number of amides is 1. The van der Waals surface area contributed by atoms with Gasteiger partial charge in [0.2, 0.25) is 0 Å². The van der Waals surface area contributed by atoms with Crippen LogP contribution in [0.3, 0.4) is 0 Å². The number of ether oxygens (including phenoxy) is 3. The van der Waals surface area contributed by atoms with Crippen molar-refractivity contribution < 1.29 is 23.8 Å². The first-order valence-electron chi connectivity index (χ1n) is 9.81. The minimum atomic E-state index is -0.586. The molecule has 1 N–H and O–H groups in total. The first-order chi connectivity index (χ1) is 14.9. The number of rotatable bonds is 8. The van der Waals surface area contributed by atoms with E-state index in [1.54, 1.807) is 32.4 Å². The van der Waals surface area contributed by atoms with Crippen LogP contribution in [0.5, 0.6) is 11.5 Å². The number of nitrogens with zero attached hydrogens (tertiary/aromatic N) is 2. The Morgan fingerprint density at radius 3 is 2.32 bits per heavy atom. The number of aryl methyl sites for hydroxylation is 2. The molecule has 3 aromatic rings. The molecule has 8 nitrogen and oxygen atoms in total. The van der Waals surface area contributed by atoms with Gasteiger partial charge in [0.05, 0.1) is 42.2 Å². The van der Waals surface area contributed by atoms with Crippen LogP contribution in [0.4, 0.5) is 0 Å². The molecule has 1 amide bonds. The van der Waals surface area contributed by atoms with Gasteiger partial charge in [-0.3, -0.25) is 4.79 Å². The number of nitrogens with one attached hydrogen (secondary N) is 1. The Bertz CT molecular complexity index is 1110. The van der Waals surface area contributed by atoms with Gasteiger partial charge in [0.15, 0.2) is 18.1 Å². The van der Waals surface area contributed by atoms with Gasteiger partial charge in [0.1, 0.15) is 0 Å². The molecular weight excluding hydrogens is 398 g/mol. The molecule has 0 atom stereocenters. The molecule has 0 saturated heterocycles. The predicted molar refractivity (Wildman–Crippen MR) is 116 cm³/mol. The van der Waals surface area contributed by atoms with E-state index in [9.17, 15) is 9.59 Å². The maximum Gasteiger partial charge on any atom is 0.338 e. The van der Waals surface area contributed by atoms with Gasteiger partial charge in [0.25, 0.3) is 5.91 Å².